The summed E-state index contributed by atoms with van der Waals surface area (Å²) in [6.07, 6.45) is 2.68. The molecule has 0 unspecified atom stereocenters. The quantitative estimate of drug-likeness (QED) is 0.861. The molecule has 100 valence electrons. The minimum Gasteiger partial charge on any atom is -0.476 e. The van der Waals surface area contributed by atoms with E-state index in [9.17, 15) is 13.2 Å². The molecular formula is C9H13N3O4S2. The number of carboxylic acid groups (broad SMARTS) is 1. The molecule has 0 aromatic carbocycles. The van der Waals surface area contributed by atoms with Gasteiger partial charge in [-0.25, -0.2) is 9.78 Å². The molecule has 0 bridgehead atoms. The van der Waals surface area contributed by atoms with Crippen molar-refractivity contribution in [3.8, 4) is 0 Å². The van der Waals surface area contributed by atoms with Crippen molar-refractivity contribution in [2.45, 2.75) is 19.3 Å². The summed E-state index contributed by atoms with van der Waals surface area (Å²) in [7, 11) is -3.67. The highest BCUT2D eigenvalue weighted by Gasteiger charge is 2.26. The van der Waals surface area contributed by atoms with Gasteiger partial charge in [0, 0.05) is 13.1 Å². The summed E-state index contributed by atoms with van der Waals surface area (Å²) in [6.45, 7) is 0.938. The molecule has 0 aliphatic carbocycles. The van der Waals surface area contributed by atoms with Crippen molar-refractivity contribution in [2.24, 2.45) is 0 Å². The molecular weight excluding hydrogens is 278 g/mol. The fourth-order valence-electron chi connectivity index (χ4n) is 1.76. The van der Waals surface area contributed by atoms with Crippen LogP contribution in [0.2, 0.25) is 0 Å². The van der Waals surface area contributed by atoms with Crippen LogP contribution in [-0.4, -0.2) is 41.9 Å². The summed E-state index contributed by atoms with van der Waals surface area (Å²) in [5.41, 5.74) is 1.04. The zero-order valence-corrected chi connectivity index (χ0v) is 11.1. The van der Waals surface area contributed by atoms with Crippen molar-refractivity contribution in [1.29, 1.82) is 0 Å². The van der Waals surface area contributed by atoms with E-state index in [0.29, 0.717) is 13.1 Å². The largest absolute Gasteiger partial charge is 0.476 e. The maximum absolute atomic E-state index is 12.0. The third-order valence-corrected chi connectivity index (χ3v) is 5.02. The molecule has 1 fully saturated rings. The number of hydrogen-bond donors (Lipinski definition) is 2. The van der Waals surface area contributed by atoms with Crippen LogP contribution in [-0.2, 0) is 10.2 Å². The number of thiazole rings is 1. The van der Waals surface area contributed by atoms with Crippen LogP contribution in [0.25, 0.3) is 0 Å². The molecule has 0 radical (unpaired) electrons. The maximum Gasteiger partial charge on any atom is 0.357 e. The van der Waals surface area contributed by atoms with Gasteiger partial charge in [-0.1, -0.05) is 6.42 Å². The smallest absolute Gasteiger partial charge is 0.357 e. The Hall–Kier alpha value is -1.19. The lowest BCUT2D eigenvalue weighted by Gasteiger charge is -2.25. The van der Waals surface area contributed by atoms with Gasteiger partial charge in [0.15, 0.2) is 5.69 Å². The molecule has 2 rings (SSSR count). The van der Waals surface area contributed by atoms with Gasteiger partial charge in [0.2, 0.25) is 0 Å². The van der Waals surface area contributed by atoms with Crippen LogP contribution in [0.4, 0.5) is 5.00 Å². The second-order valence-corrected chi connectivity index (χ2v) is 6.43. The van der Waals surface area contributed by atoms with Crippen LogP contribution in [0.1, 0.15) is 29.8 Å². The number of carbonyl (C=O) groups is 1. The molecule has 0 amide bonds. The Balaban J connectivity index is 2.16. The molecule has 2 N–H and O–H groups in total. The first-order valence-corrected chi connectivity index (χ1v) is 7.77. The van der Waals surface area contributed by atoms with Gasteiger partial charge in [0.1, 0.15) is 5.00 Å². The second kappa shape index (κ2) is 5.21. The Bertz CT molecular complexity index is 534. The van der Waals surface area contributed by atoms with Crippen LogP contribution >= 0.6 is 11.3 Å². The summed E-state index contributed by atoms with van der Waals surface area (Å²) in [4.78, 5) is 14.5. The summed E-state index contributed by atoms with van der Waals surface area (Å²) in [5, 5.41) is 8.91. The highest BCUT2D eigenvalue weighted by Crippen LogP contribution is 2.23. The van der Waals surface area contributed by atoms with Gasteiger partial charge < -0.3 is 5.11 Å². The average Bonchev–Trinajstić information content (AvgIpc) is 2.78. The van der Waals surface area contributed by atoms with Crippen LogP contribution in [0.15, 0.2) is 5.51 Å². The van der Waals surface area contributed by atoms with Crippen LogP contribution in [0.3, 0.4) is 0 Å². The second-order valence-electron chi connectivity index (χ2n) is 3.90. The number of rotatable bonds is 4. The molecule has 0 saturated carbocycles. The lowest BCUT2D eigenvalue weighted by Crippen LogP contribution is -2.39. The third-order valence-electron chi connectivity index (χ3n) is 2.65. The highest BCUT2D eigenvalue weighted by atomic mass is 32.2. The minimum absolute atomic E-state index is 0.0491. The van der Waals surface area contributed by atoms with Gasteiger partial charge in [0.25, 0.3) is 0 Å². The summed E-state index contributed by atoms with van der Waals surface area (Å²) < 4.78 is 27.7. The van der Waals surface area contributed by atoms with E-state index >= 15 is 0 Å². The number of carboxylic acids is 1. The first-order valence-electron chi connectivity index (χ1n) is 5.45. The summed E-state index contributed by atoms with van der Waals surface area (Å²) in [5.74, 6) is -1.24. The van der Waals surface area contributed by atoms with E-state index in [2.05, 4.69) is 9.71 Å². The molecule has 1 aromatic rings. The Morgan fingerprint density at radius 3 is 2.67 bits per heavy atom. The molecule has 1 aromatic heterocycles. The van der Waals surface area contributed by atoms with Crippen molar-refractivity contribution in [3.05, 3.63) is 11.2 Å². The first-order chi connectivity index (χ1) is 8.50. The number of nitrogens with zero attached hydrogens (tertiary/aromatic N) is 2. The van der Waals surface area contributed by atoms with Crippen molar-refractivity contribution in [1.82, 2.24) is 9.29 Å². The predicted molar refractivity (Wildman–Crippen MR) is 67.0 cm³/mol. The SMILES string of the molecule is O=C(O)c1ncsc1NS(=O)(=O)N1CCCCC1. The van der Waals surface area contributed by atoms with Gasteiger partial charge in [-0.05, 0) is 12.8 Å². The minimum atomic E-state index is -3.67. The fraction of sp³-hybridized carbons (Fsp3) is 0.556. The van der Waals surface area contributed by atoms with E-state index in [0.717, 1.165) is 30.6 Å². The Morgan fingerprint density at radius 2 is 2.06 bits per heavy atom. The predicted octanol–water partition coefficient (Wildman–Crippen LogP) is 0.984. The lowest BCUT2D eigenvalue weighted by atomic mass is 10.2. The van der Waals surface area contributed by atoms with Crippen molar-refractivity contribution < 1.29 is 18.3 Å². The molecule has 1 aliphatic rings. The number of aromatic carboxylic acids is 1. The number of anilines is 1. The molecule has 1 aliphatic heterocycles. The molecule has 2 heterocycles. The lowest BCUT2D eigenvalue weighted by molar-refractivity contribution is 0.0692. The molecule has 0 atom stereocenters. The Kier molecular flexibility index (Phi) is 3.83. The normalized spacial score (nSPS) is 17.6. The monoisotopic (exact) mass is 291 g/mol. The molecule has 9 heteroatoms. The summed E-state index contributed by atoms with van der Waals surface area (Å²) in [6, 6.07) is 0. The maximum atomic E-state index is 12.0. The van der Waals surface area contributed by atoms with Crippen molar-refractivity contribution >= 4 is 32.5 Å². The molecule has 0 spiro atoms. The third kappa shape index (κ3) is 2.79. The zero-order valence-electron chi connectivity index (χ0n) is 9.50. The Morgan fingerprint density at radius 1 is 1.39 bits per heavy atom. The van der Waals surface area contributed by atoms with Gasteiger partial charge in [0.05, 0.1) is 5.51 Å². The standard InChI is InChI=1S/C9H13N3O4S2/c13-9(14)7-8(17-6-10-7)11-18(15,16)12-4-2-1-3-5-12/h6,11H,1-5H2,(H,13,14). The van der Waals surface area contributed by atoms with E-state index in [-0.39, 0.29) is 10.7 Å². The van der Waals surface area contributed by atoms with E-state index in [4.69, 9.17) is 5.11 Å². The fourth-order valence-corrected chi connectivity index (χ4v) is 3.98. The average molecular weight is 291 g/mol. The van der Waals surface area contributed by atoms with Gasteiger partial charge in [-0.15, -0.1) is 11.3 Å². The van der Waals surface area contributed by atoms with Crippen molar-refractivity contribution in [2.75, 3.05) is 17.8 Å². The Labute approximate surface area is 109 Å². The van der Waals surface area contributed by atoms with Crippen LogP contribution in [0.5, 0.6) is 0 Å². The molecule has 7 nitrogen and oxygen atoms in total. The highest BCUT2D eigenvalue weighted by molar-refractivity contribution is 7.90. The van der Waals surface area contributed by atoms with Gasteiger partial charge in [-0.3, -0.25) is 4.72 Å². The number of hydrogen-bond acceptors (Lipinski definition) is 5. The number of nitrogens with one attached hydrogen (secondary N) is 1. The van der Waals surface area contributed by atoms with Crippen LogP contribution < -0.4 is 4.72 Å². The van der Waals surface area contributed by atoms with E-state index < -0.39 is 16.2 Å². The van der Waals surface area contributed by atoms with Gasteiger partial charge >= 0.3 is 16.2 Å². The number of aromatic nitrogens is 1. The van der Waals surface area contributed by atoms with Crippen molar-refractivity contribution in [3.63, 3.8) is 0 Å². The van der Waals surface area contributed by atoms with Gasteiger partial charge in [-0.2, -0.15) is 12.7 Å². The first kappa shape index (κ1) is 13.2. The van der Waals surface area contributed by atoms with E-state index in [1.807, 2.05) is 0 Å². The zero-order chi connectivity index (χ0) is 13.2. The molecule has 18 heavy (non-hydrogen) atoms. The summed E-state index contributed by atoms with van der Waals surface area (Å²) >= 11 is 0.960. The van der Waals surface area contributed by atoms with Crippen LogP contribution in [0, 0.1) is 0 Å². The number of piperidine rings is 1. The van der Waals surface area contributed by atoms with E-state index in [1.54, 1.807) is 0 Å². The topological polar surface area (TPSA) is 99.6 Å². The molecule has 1 saturated heterocycles. The van der Waals surface area contributed by atoms with E-state index in [1.165, 1.54) is 9.82 Å².